The second-order valence-electron chi connectivity index (χ2n) is 6.46. The van der Waals surface area contributed by atoms with Gasteiger partial charge in [-0.15, -0.1) is 0 Å². The number of nitrogens with two attached hydrogens (primary N) is 1. The van der Waals surface area contributed by atoms with E-state index in [9.17, 15) is 15.0 Å². The second-order valence-corrected chi connectivity index (χ2v) is 6.46. The first kappa shape index (κ1) is 18.3. The summed E-state index contributed by atoms with van der Waals surface area (Å²) in [5.41, 5.74) is 7.94. The minimum atomic E-state index is -1.14. The van der Waals surface area contributed by atoms with Gasteiger partial charge in [0.05, 0.1) is 0 Å². The van der Waals surface area contributed by atoms with Crippen LogP contribution in [0.1, 0.15) is 43.6 Å². The molecule has 0 aliphatic heterocycles. The SMILES string of the molecule is Cc1cc(N)cc(C)c1C(O)C(O)CNC(=O)OC(C)(C)C. The van der Waals surface area contributed by atoms with E-state index in [2.05, 4.69) is 5.32 Å². The maximum absolute atomic E-state index is 11.6. The number of amides is 1. The number of carbonyl (C=O) groups is 1. The summed E-state index contributed by atoms with van der Waals surface area (Å²) in [6, 6.07) is 3.47. The molecule has 0 radical (unpaired) electrons. The summed E-state index contributed by atoms with van der Waals surface area (Å²) in [6.45, 7) is 8.77. The first-order chi connectivity index (χ1) is 10.0. The van der Waals surface area contributed by atoms with E-state index in [1.807, 2.05) is 13.8 Å². The molecule has 2 atom stereocenters. The van der Waals surface area contributed by atoms with Gasteiger partial charge >= 0.3 is 6.09 Å². The zero-order valence-corrected chi connectivity index (χ0v) is 13.8. The predicted molar refractivity (Wildman–Crippen MR) is 85.5 cm³/mol. The third kappa shape index (κ3) is 5.20. The van der Waals surface area contributed by atoms with Crippen LogP contribution in [0.5, 0.6) is 0 Å². The summed E-state index contributed by atoms with van der Waals surface area (Å²) < 4.78 is 5.08. The van der Waals surface area contributed by atoms with E-state index >= 15 is 0 Å². The monoisotopic (exact) mass is 310 g/mol. The highest BCUT2D eigenvalue weighted by atomic mass is 16.6. The average molecular weight is 310 g/mol. The van der Waals surface area contributed by atoms with Crippen LogP contribution in [0.15, 0.2) is 12.1 Å². The van der Waals surface area contributed by atoms with Gasteiger partial charge < -0.3 is 26.0 Å². The van der Waals surface area contributed by atoms with Crippen LogP contribution in [0, 0.1) is 13.8 Å². The number of nitrogen functional groups attached to an aromatic ring is 1. The van der Waals surface area contributed by atoms with E-state index in [1.165, 1.54) is 0 Å². The van der Waals surface area contributed by atoms with Gasteiger partial charge in [0.2, 0.25) is 0 Å². The van der Waals surface area contributed by atoms with Gasteiger partial charge in [0.15, 0.2) is 0 Å². The Kier molecular flexibility index (Phi) is 5.79. The van der Waals surface area contributed by atoms with Crippen molar-refractivity contribution in [2.45, 2.75) is 52.4 Å². The Morgan fingerprint density at radius 3 is 2.23 bits per heavy atom. The van der Waals surface area contributed by atoms with Crippen molar-refractivity contribution >= 4 is 11.8 Å². The molecular formula is C16H26N2O4. The predicted octanol–water partition coefficient (Wildman–Crippen LogP) is 1.80. The lowest BCUT2D eigenvalue weighted by atomic mass is 9.94. The number of aliphatic hydroxyl groups excluding tert-OH is 2. The molecule has 0 spiro atoms. The molecule has 6 heteroatoms. The lowest BCUT2D eigenvalue weighted by Gasteiger charge is -2.24. The molecular weight excluding hydrogens is 284 g/mol. The number of anilines is 1. The molecule has 2 unspecified atom stereocenters. The molecule has 1 aromatic carbocycles. The van der Waals surface area contributed by atoms with E-state index in [4.69, 9.17) is 10.5 Å². The van der Waals surface area contributed by atoms with Crippen molar-refractivity contribution in [1.82, 2.24) is 5.32 Å². The normalized spacial score (nSPS) is 14.3. The standard InChI is InChI=1S/C16H26N2O4/c1-9-6-11(17)7-10(2)13(9)14(20)12(19)8-18-15(21)22-16(3,4)5/h6-7,12,14,19-20H,8,17H2,1-5H3,(H,18,21). The molecule has 0 aliphatic rings. The van der Waals surface area contributed by atoms with Gasteiger partial charge in [0, 0.05) is 12.2 Å². The van der Waals surface area contributed by atoms with E-state index in [0.717, 1.165) is 11.1 Å². The van der Waals surface area contributed by atoms with Gasteiger partial charge in [-0.1, -0.05) is 0 Å². The van der Waals surface area contributed by atoms with Crippen molar-refractivity contribution in [1.29, 1.82) is 0 Å². The highest BCUT2D eigenvalue weighted by Crippen LogP contribution is 2.26. The summed E-state index contributed by atoms with van der Waals surface area (Å²) in [5.74, 6) is 0. The number of alkyl carbamates (subject to hydrolysis) is 1. The highest BCUT2D eigenvalue weighted by Gasteiger charge is 2.24. The van der Waals surface area contributed by atoms with Gasteiger partial charge in [-0.25, -0.2) is 4.79 Å². The van der Waals surface area contributed by atoms with Gasteiger partial charge in [0.25, 0.3) is 0 Å². The number of ether oxygens (including phenoxy) is 1. The number of aliphatic hydroxyl groups is 2. The summed E-state index contributed by atoms with van der Waals surface area (Å²) in [6.07, 6.45) is -2.89. The largest absolute Gasteiger partial charge is 0.444 e. The molecule has 0 fully saturated rings. The smallest absolute Gasteiger partial charge is 0.407 e. The fraction of sp³-hybridized carbons (Fsp3) is 0.562. The Morgan fingerprint density at radius 2 is 1.77 bits per heavy atom. The van der Waals surface area contributed by atoms with Crippen LogP contribution in [0.4, 0.5) is 10.5 Å². The number of nitrogens with one attached hydrogen (secondary N) is 1. The Morgan fingerprint density at radius 1 is 1.27 bits per heavy atom. The fourth-order valence-corrected chi connectivity index (χ4v) is 2.28. The molecule has 1 aromatic rings. The van der Waals surface area contributed by atoms with Crippen molar-refractivity contribution in [3.8, 4) is 0 Å². The molecule has 5 N–H and O–H groups in total. The van der Waals surface area contributed by atoms with Crippen LogP contribution < -0.4 is 11.1 Å². The molecule has 6 nitrogen and oxygen atoms in total. The molecule has 22 heavy (non-hydrogen) atoms. The average Bonchev–Trinajstić information content (AvgIpc) is 2.32. The van der Waals surface area contributed by atoms with Gasteiger partial charge in [-0.05, 0) is 63.4 Å². The summed E-state index contributed by atoms with van der Waals surface area (Å²) in [4.78, 5) is 11.6. The molecule has 1 amide bonds. The molecule has 0 heterocycles. The lowest BCUT2D eigenvalue weighted by Crippen LogP contribution is -2.39. The van der Waals surface area contributed by atoms with Gasteiger partial charge in [-0.2, -0.15) is 0 Å². The van der Waals surface area contributed by atoms with Crippen molar-refractivity contribution < 1.29 is 19.7 Å². The van der Waals surface area contributed by atoms with Crippen molar-refractivity contribution in [3.63, 3.8) is 0 Å². The van der Waals surface area contributed by atoms with E-state index in [1.54, 1.807) is 32.9 Å². The molecule has 0 saturated carbocycles. The summed E-state index contributed by atoms with van der Waals surface area (Å²) >= 11 is 0. The lowest BCUT2D eigenvalue weighted by molar-refractivity contribution is 0.0124. The fourth-order valence-electron chi connectivity index (χ4n) is 2.28. The first-order valence-electron chi connectivity index (χ1n) is 7.21. The van der Waals surface area contributed by atoms with Gasteiger partial charge in [-0.3, -0.25) is 0 Å². The van der Waals surface area contributed by atoms with Crippen molar-refractivity contribution in [2.24, 2.45) is 0 Å². The molecule has 0 bridgehead atoms. The number of hydrogen-bond donors (Lipinski definition) is 4. The van der Waals surface area contributed by atoms with Crippen LogP contribution in [0.2, 0.25) is 0 Å². The quantitative estimate of drug-likeness (QED) is 0.635. The zero-order valence-electron chi connectivity index (χ0n) is 13.8. The number of aryl methyl sites for hydroxylation is 2. The Bertz CT molecular complexity index is 514. The van der Waals surface area contributed by atoms with Crippen molar-refractivity contribution in [3.05, 3.63) is 28.8 Å². The first-order valence-corrected chi connectivity index (χ1v) is 7.21. The van der Waals surface area contributed by atoms with Crippen LogP contribution in [0.3, 0.4) is 0 Å². The Labute approximate surface area is 131 Å². The highest BCUT2D eigenvalue weighted by molar-refractivity contribution is 5.67. The molecule has 0 saturated heterocycles. The number of hydrogen-bond acceptors (Lipinski definition) is 5. The number of benzene rings is 1. The van der Waals surface area contributed by atoms with Gasteiger partial charge in [0.1, 0.15) is 17.8 Å². The molecule has 1 rings (SSSR count). The van der Waals surface area contributed by atoms with E-state index in [-0.39, 0.29) is 6.54 Å². The summed E-state index contributed by atoms with van der Waals surface area (Å²) in [5, 5.41) is 22.8. The van der Waals surface area contributed by atoms with Crippen molar-refractivity contribution in [2.75, 3.05) is 12.3 Å². The Balaban J connectivity index is 2.70. The topological polar surface area (TPSA) is 105 Å². The minimum absolute atomic E-state index is 0.112. The van der Waals surface area contributed by atoms with E-state index in [0.29, 0.717) is 11.3 Å². The second kappa shape index (κ2) is 6.98. The molecule has 0 aromatic heterocycles. The number of rotatable bonds is 4. The molecule has 0 aliphatic carbocycles. The third-order valence-corrected chi connectivity index (χ3v) is 3.13. The zero-order chi connectivity index (χ0) is 17.1. The number of carbonyl (C=O) groups excluding carboxylic acids is 1. The molecule has 124 valence electrons. The summed E-state index contributed by atoms with van der Waals surface area (Å²) in [7, 11) is 0. The van der Waals surface area contributed by atoms with E-state index < -0.39 is 23.9 Å². The Hall–Kier alpha value is -1.79. The van der Waals surface area contributed by atoms with Crippen LogP contribution in [-0.2, 0) is 4.74 Å². The maximum Gasteiger partial charge on any atom is 0.407 e. The maximum atomic E-state index is 11.6. The minimum Gasteiger partial charge on any atom is -0.444 e. The van der Waals surface area contributed by atoms with Crippen LogP contribution in [-0.4, -0.2) is 34.6 Å². The van der Waals surface area contributed by atoms with Crippen LogP contribution >= 0.6 is 0 Å². The third-order valence-electron chi connectivity index (χ3n) is 3.13. The van der Waals surface area contributed by atoms with Crippen LogP contribution in [0.25, 0.3) is 0 Å².